The van der Waals surface area contributed by atoms with Gasteiger partial charge in [0.25, 0.3) is 0 Å². The molecule has 1 saturated carbocycles. The van der Waals surface area contributed by atoms with E-state index in [9.17, 15) is 16.8 Å². The molecule has 23 heavy (non-hydrogen) atoms. The average Bonchev–Trinajstić information content (AvgIpc) is 3.00. The molecule has 0 amide bonds. The highest BCUT2D eigenvalue weighted by molar-refractivity contribution is 7.93. The molecule has 1 N–H and O–H groups in total. The number of hydrogen-bond donors (Lipinski definition) is 1. The van der Waals surface area contributed by atoms with E-state index in [1.165, 1.54) is 10.6 Å². The fourth-order valence-electron chi connectivity index (χ4n) is 3.40. The molecule has 3 rings (SSSR count). The molecule has 128 valence electrons. The van der Waals surface area contributed by atoms with Crippen molar-refractivity contribution in [3.05, 3.63) is 23.8 Å². The molecule has 1 aliphatic heterocycles. The lowest BCUT2D eigenvalue weighted by Crippen LogP contribution is -2.34. The molecule has 6 nitrogen and oxygen atoms in total. The Morgan fingerprint density at radius 1 is 1.09 bits per heavy atom. The fourth-order valence-corrected chi connectivity index (χ4v) is 5.96. The Balaban J connectivity index is 1.91. The van der Waals surface area contributed by atoms with Crippen molar-refractivity contribution in [2.45, 2.75) is 43.8 Å². The highest BCUT2D eigenvalue weighted by Crippen LogP contribution is 2.33. The summed E-state index contributed by atoms with van der Waals surface area (Å²) in [6, 6.07) is 5.18. The number of anilines is 2. The summed E-state index contributed by atoms with van der Waals surface area (Å²) in [5.74, 6) is 0. The van der Waals surface area contributed by atoms with Gasteiger partial charge < -0.3 is 0 Å². The first-order valence-electron chi connectivity index (χ1n) is 7.90. The number of aryl methyl sites for hydroxylation is 1. The van der Waals surface area contributed by atoms with Gasteiger partial charge in [-0.1, -0.05) is 18.9 Å². The summed E-state index contributed by atoms with van der Waals surface area (Å²) in [5, 5.41) is -0.343. The van der Waals surface area contributed by atoms with Crippen molar-refractivity contribution in [1.82, 2.24) is 0 Å². The van der Waals surface area contributed by atoms with Crippen LogP contribution in [0.1, 0.15) is 37.7 Å². The molecule has 2 aliphatic rings. The molecule has 0 atom stereocenters. The maximum absolute atomic E-state index is 12.4. The van der Waals surface area contributed by atoms with Gasteiger partial charge in [0.2, 0.25) is 20.0 Å². The van der Waals surface area contributed by atoms with Crippen molar-refractivity contribution < 1.29 is 16.8 Å². The number of benzene rings is 1. The van der Waals surface area contributed by atoms with Crippen LogP contribution in [-0.4, -0.2) is 34.9 Å². The lowest BCUT2D eigenvalue weighted by Gasteiger charge is -2.29. The van der Waals surface area contributed by atoms with E-state index in [1.807, 2.05) is 6.07 Å². The van der Waals surface area contributed by atoms with Crippen molar-refractivity contribution in [2.75, 3.05) is 21.8 Å². The van der Waals surface area contributed by atoms with Crippen LogP contribution in [-0.2, 0) is 26.5 Å². The van der Waals surface area contributed by atoms with Crippen molar-refractivity contribution in [3.8, 4) is 0 Å². The minimum absolute atomic E-state index is 0.343. The highest BCUT2D eigenvalue weighted by Gasteiger charge is 2.29. The lowest BCUT2D eigenvalue weighted by molar-refractivity contribution is 0.585. The van der Waals surface area contributed by atoms with E-state index in [-0.39, 0.29) is 5.25 Å². The molecule has 1 fully saturated rings. The first-order chi connectivity index (χ1) is 10.8. The standard InChI is InChI=1S/C15H22N2O4S2/c1-22(18,19)17-10-4-5-12-8-9-13(11-15(12)17)16-23(20,21)14-6-2-3-7-14/h8-9,11,14,16H,2-7,10H2,1H3. The van der Waals surface area contributed by atoms with E-state index in [2.05, 4.69) is 4.72 Å². The quantitative estimate of drug-likeness (QED) is 0.893. The molecule has 1 heterocycles. The normalized spacial score (nSPS) is 19.6. The number of fused-ring (bicyclic) bond motifs is 1. The summed E-state index contributed by atoms with van der Waals surface area (Å²) in [7, 11) is -6.77. The van der Waals surface area contributed by atoms with E-state index in [0.717, 1.165) is 31.2 Å². The molecule has 0 unspecified atom stereocenters. The molecule has 1 aromatic rings. The third-order valence-corrected chi connectivity index (χ3v) is 7.61. The topological polar surface area (TPSA) is 83.6 Å². The van der Waals surface area contributed by atoms with Crippen molar-refractivity contribution in [2.24, 2.45) is 0 Å². The Morgan fingerprint density at radius 3 is 2.43 bits per heavy atom. The molecular weight excluding hydrogens is 336 g/mol. The Labute approximate surface area is 138 Å². The van der Waals surface area contributed by atoms with Gasteiger partial charge in [0.15, 0.2) is 0 Å². The van der Waals surface area contributed by atoms with Gasteiger partial charge in [-0.05, 0) is 43.4 Å². The zero-order valence-electron chi connectivity index (χ0n) is 13.2. The van der Waals surface area contributed by atoms with Crippen LogP contribution in [0.25, 0.3) is 0 Å². The maximum atomic E-state index is 12.4. The first kappa shape index (κ1) is 16.6. The summed E-state index contributed by atoms with van der Waals surface area (Å²) in [6.07, 6.45) is 6.02. The maximum Gasteiger partial charge on any atom is 0.235 e. The van der Waals surface area contributed by atoms with Gasteiger partial charge in [-0.2, -0.15) is 0 Å². The number of rotatable bonds is 4. The molecule has 0 radical (unpaired) electrons. The lowest BCUT2D eigenvalue weighted by atomic mass is 10.0. The van der Waals surface area contributed by atoms with Crippen LogP contribution in [0, 0.1) is 0 Å². The van der Waals surface area contributed by atoms with Gasteiger partial charge in [0.1, 0.15) is 0 Å². The van der Waals surface area contributed by atoms with Crippen molar-refractivity contribution in [1.29, 1.82) is 0 Å². The Bertz CT molecular complexity index is 797. The largest absolute Gasteiger partial charge is 0.283 e. The van der Waals surface area contributed by atoms with Crippen molar-refractivity contribution >= 4 is 31.4 Å². The first-order valence-corrected chi connectivity index (χ1v) is 11.3. The zero-order valence-corrected chi connectivity index (χ0v) is 14.8. The summed E-state index contributed by atoms with van der Waals surface area (Å²) in [5.41, 5.74) is 1.96. The monoisotopic (exact) mass is 358 g/mol. The van der Waals surface area contributed by atoms with Gasteiger partial charge in [0, 0.05) is 6.54 Å². The SMILES string of the molecule is CS(=O)(=O)N1CCCc2ccc(NS(=O)(=O)C3CCCC3)cc21. The smallest absolute Gasteiger partial charge is 0.235 e. The third kappa shape index (κ3) is 3.47. The minimum Gasteiger partial charge on any atom is -0.283 e. The molecule has 1 aliphatic carbocycles. The van der Waals surface area contributed by atoms with Gasteiger partial charge >= 0.3 is 0 Å². The van der Waals surface area contributed by atoms with Gasteiger partial charge in [0.05, 0.1) is 22.9 Å². The second-order valence-corrected chi connectivity index (χ2v) is 10.2. The second kappa shape index (κ2) is 5.98. The molecule has 8 heteroatoms. The van der Waals surface area contributed by atoms with Crippen LogP contribution < -0.4 is 9.03 Å². The molecule has 1 aromatic carbocycles. The molecular formula is C15H22N2O4S2. The Morgan fingerprint density at radius 2 is 1.78 bits per heavy atom. The van der Waals surface area contributed by atoms with Crippen LogP contribution in [0.15, 0.2) is 18.2 Å². The molecule has 0 bridgehead atoms. The molecule has 0 spiro atoms. The molecule has 0 aromatic heterocycles. The number of hydrogen-bond acceptors (Lipinski definition) is 4. The van der Waals surface area contributed by atoms with E-state index < -0.39 is 20.0 Å². The van der Waals surface area contributed by atoms with E-state index >= 15 is 0 Å². The van der Waals surface area contributed by atoms with E-state index in [4.69, 9.17) is 0 Å². The predicted octanol–water partition coefficient (Wildman–Crippen LogP) is 2.08. The van der Waals surface area contributed by atoms with Gasteiger partial charge in [-0.3, -0.25) is 9.03 Å². The van der Waals surface area contributed by atoms with Crippen LogP contribution in [0.4, 0.5) is 11.4 Å². The Hall–Kier alpha value is -1.28. The summed E-state index contributed by atoms with van der Waals surface area (Å²) < 4.78 is 52.7. The zero-order chi connectivity index (χ0) is 16.7. The van der Waals surface area contributed by atoms with Crippen LogP contribution >= 0.6 is 0 Å². The minimum atomic E-state index is -3.41. The molecule has 0 saturated heterocycles. The van der Waals surface area contributed by atoms with Crippen LogP contribution in [0.5, 0.6) is 0 Å². The Kier molecular flexibility index (Phi) is 4.31. The fraction of sp³-hybridized carbons (Fsp3) is 0.600. The van der Waals surface area contributed by atoms with Crippen LogP contribution in [0.2, 0.25) is 0 Å². The average molecular weight is 358 g/mol. The van der Waals surface area contributed by atoms with E-state index in [1.54, 1.807) is 12.1 Å². The third-order valence-electron chi connectivity index (χ3n) is 4.56. The van der Waals surface area contributed by atoms with Gasteiger partial charge in [-0.15, -0.1) is 0 Å². The summed E-state index contributed by atoms with van der Waals surface area (Å²) in [6.45, 7) is 0.435. The number of nitrogens with one attached hydrogen (secondary N) is 1. The number of sulfonamides is 2. The van der Waals surface area contributed by atoms with E-state index in [0.29, 0.717) is 30.8 Å². The number of nitrogens with zero attached hydrogens (tertiary/aromatic N) is 1. The second-order valence-electron chi connectivity index (χ2n) is 6.34. The van der Waals surface area contributed by atoms with Crippen LogP contribution in [0.3, 0.4) is 0 Å². The summed E-state index contributed by atoms with van der Waals surface area (Å²) in [4.78, 5) is 0. The van der Waals surface area contributed by atoms with Crippen molar-refractivity contribution in [3.63, 3.8) is 0 Å². The summed E-state index contributed by atoms with van der Waals surface area (Å²) >= 11 is 0. The predicted molar refractivity (Wildman–Crippen MR) is 91.8 cm³/mol. The van der Waals surface area contributed by atoms with Gasteiger partial charge in [-0.25, -0.2) is 16.8 Å². The highest BCUT2D eigenvalue weighted by atomic mass is 32.2.